The molecule has 1 saturated heterocycles. The van der Waals surface area contributed by atoms with E-state index in [1.54, 1.807) is 0 Å². The maximum absolute atomic E-state index is 10.9. The van der Waals surface area contributed by atoms with E-state index >= 15 is 0 Å². The van der Waals surface area contributed by atoms with Gasteiger partial charge in [0, 0.05) is 6.42 Å². The monoisotopic (exact) mass is 249 g/mol. The van der Waals surface area contributed by atoms with Gasteiger partial charge in [-0.15, -0.1) is 0 Å². The first-order chi connectivity index (χ1) is 8.70. The zero-order valence-electron chi connectivity index (χ0n) is 9.86. The molecule has 1 aliphatic heterocycles. The van der Waals surface area contributed by atoms with Crippen LogP contribution in [0.5, 0.6) is 0 Å². The molecule has 2 rings (SSSR count). The number of hydrogen-bond acceptors (Lipinski definition) is 3. The van der Waals surface area contributed by atoms with Gasteiger partial charge in [0.25, 0.3) is 0 Å². The fourth-order valence-corrected chi connectivity index (χ4v) is 2.08. The van der Waals surface area contributed by atoms with Gasteiger partial charge in [0.1, 0.15) is 6.29 Å². The number of benzene rings is 1. The Kier molecular flexibility index (Phi) is 3.94. The first kappa shape index (κ1) is 12.6. The zero-order valence-corrected chi connectivity index (χ0v) is 9.86. The highest BCUT2D eigenvalue weighted by Gasteiger charge is 2.35. The van der Waals surface area contributed by atoms with Crippen molar-refractivity contribution in [2.45, 2.75) is 25.2 Å². The van der Waals surface area contributed by atoms with E-state index in [1.165, 1.54) is 0 Å². The van der Waals surface area contributed by atoms with Crippen LogP contribution in [-0.2, 0) is 16.1 Å². The van der Waals surface area contributed by atoms with Crippen molar-refractivity contribution in [1.29, 1.82) is 0 Å². The minimum atomic E-state index is -1.07. The Morgan fingerprint density at radius 1 is 1.44 bits per heavy atom. The highest BCUT2D eigenvalue weighted by atomic mass is 16.5. The third-order valence-corrected chi connectivity index (χ3v) is 3.04. The lowest BCUT2D eigenvalue weighted by Gasteiger charge is -2.15. The standard InChI is InChI=1S/C13H15NO4/c15-8-11-6-12(7-14(11)13(16)17)18-9-10-4-2-1-3-5-10/h1-5,8,11-12H,6-7,9H2,(H,16,17)/t11-,12-/m0/s1. The molecule has 0 aliphatic carbocycles. The van der Waals surface area contributed by atoms with E-state index < -0.39 is 12.1 Å². The predicted molar refractivity (Wildman–Crippen MR) is 64.2 cm³/mol. The van der Waals surface area contributed by atoms with Crippen molar-refractivity contribution in [3.8, 4) is 0 Å². The SMILES string of the molecule is O=C[C@@H]1C[C@H](OCc2ccccc2)CN1C(=O)O. The van der Waals surface area contributed by atoms with Crippen molar-refractivity contribution in [1.82, 2.24) is 4.90 Å². The van der Waals surface area contributed by atoms with E-state index in [2.05, 4.69) is 0 Å². The largest absolute Gasteiger partial charge is 0.465 e. The number of aldehydes is 1. The van der Waals surface area contributed by atoms with Gasteiger partial charge >= 0.3 is 6.09 Å². The Hall–Kier alpha value is -1.88. The molecule has 1 aromatic carbocycles. The molecule has 1 aromatic rings. The molecular formula is C13H15NO4. The summed E-state index contributed by atoms with van der Waals surface area (Å²) in [7, 11) is 0. The van der Waals surface area contributed by atoms with Gasteiger partial charge in [-0.25, -0.2) is 4.79 Å². The molecule has 0 aromatic heterocycles. The summed E-state index contributed by atoms with van der Waals surface area (Å²) >= 11 is 0. The number of likely N-dealkylation sites (tertiary alicyclic amines) is 1. The highest BCUT2D eigenvalue weighted by Crippen LogP contribution is 2.20. The quantitative estimate of drug-likeness (QED) is 0.822. The molecule has 0 bridgehead atoms. The minimum absolute atomic E-state index is 0.212. The van der Waals surface area contributed by atoms with Crippen LogP contribution in [0.4, 0.5) is 4.79 Å². The van der Waals surface area contributed by atoms with Crippen LogP contribution in [0.3, 0.4) is 0 Å². The molecule has 0 spiro atoms. The average Bonchev–Trinajstić information content (AvgIpc) is 2.81. The fraction of sp³-hybridized carbons (Fsp3) is 0.385. The highest BCUT2D eigenvalue weighted by molar-refractivity contribution is 5.72. The number of ether oxygens (including phenoxy) is 1. The van der Waals surface area contributed by atoms with Gasteiger partial charge < -0.3 is 14.6 Å². The van der Waals surface area contributed by atoms with Gasteiger partial charge in [-0.3, -0.25) is 4.90 Å². The summed E-state index contributed by atoms with van der Waals surface area (Å²) in [6, 6.07) is 9.08. The van der Waals surface area contributed by atoms with Crippen LogP contribution in [0.2, 0.25) is 0 Å². The van der Waals surface area contributed by atoms with E-state index in [1.807, 2.05) is 30.3 Å². The van der Waals surface area contributed by atoms with Crippen LogP contribution in [0, 0.1) is 0 Å². The first-order valence-electron chi connectivity index (χ1n) is 5.81. The van der Waals surface area contributed by atoms with Crippen LogP contribution in [0.1, 0.15) is 12.0 Å². The molecule has 2 atom stereocenters. The lowest BCUT2D eigenvalue weighted by molar-refractivity contribution is -0.111. The molecule has 0 saturated carbocycles. The molecule has 0 unspecified atom stereocenters. The topological polar surface area (TPSA) is 66.8 Å². The van der Waals surface area contributed by atoms with Gasteiger partial charge in [-0.05, 0) is 5.56 Å². The lowest BCUT2D eigenvalue weighted by atomic mass is 10.2. The number of carbonyl (C=O) groups excluding carboxylic acids is 1. The van der Waals surface area contributed by atoms with Crippen LogP contribution in [-0.4, -0.2) is 41.1 Å². The molecule has 1 heterocycles. The summed E-state index contributed by atoms with van der Waals surface area (Å²) in [5.41, 5.74) is 1.04. The van der Waals surface area contributed by atoms with Gasteiger partial charge in [-0.1, -0.05) is 30.3 Å². The summed E-state index contributed by atoms with van der Waals surface area (Å²) in [4.78, 5) is 22.8. The number of amides is 1. The summed E-state index contributed by atoms with van der Waals surface area (Å²) in [5.74, 6) is 0. The number of carbonyl (C=O) groups is 2. The molecule has 18 heavy (non-hydrogen) atoms. The smallest absolute Gasteiger partial charge is 0.407 e. The normalized spacial score (nSPS) is 23.0. The second-order valence-electron chi connectivity index (χ2n) is 4.29. The minimum Gasteiger partial charge on any atom is -0.465 e. The van der Waals surface area contributed by atoms with Gasteiger partial charge in [0.05, 0.1) is 25.3 Å². The number of nitrogens with zero attached hydrogens (tertiary/aromatic N) is 1. The van der Waals surface area contributed by atoms with Crippen molar-refractivity contribution in [3.63, 3.8) is 0 Å². The number of rotatable bonds is 4. The molecule has 1 N–H and O–H groups in total. The van der Waals surface area contributed by atoms with Crippen molar-refractivity contribution < 1.29 is 19.4 Å². The number of hydrogen-bond donors (Lipinski definition) is 1. The van der Waals surface area contributed by atoms with Crippen LogP contribution in [0.25, 0.3) is 0 Å². The zero-order chi connectivity index (χ0) is 13.0. The van der Waals surface area contributed by atoms with E-state index in [4.69, 9.17) is 9.84 Å². The third kappa shape index (κ3) is 2.87. The second-order valence-corrected chi connectivity index (χ2v) is 4.29. The van der Waals surface area contributed by atoms with Gasteiger partial charge in [-0.2, -0.15) is 0 Å². The average molecular weight is 249 g/mol. The summed E-state index contributed by atoms with van der Waals surface area (Å²) in [6.45, 7) is 0.691. The summed E-state index contributed by atoms with van der Waals surface area (Å²) in [6.07, 6.45) is -0.183. The molecule has 1 aliphatic rings. The van der Waals surface area contributed by atoms with Gasteiger partial charge in [0.15, 0.2) is 0 Å². The Balaban J connectivity index is 1.88. The lowest BCUT2D eigenvalue weighted by Crippen LogP contribution is -2.35. The van der Waals surface area contributed by atoms with E-state index in [0.29, 0.717) is 19.3 Å². The Morgan fingerprint density at radius 3 is 2.72 bits per heavy atom. The van der Waals surface area contributed by atoms with Gasteiger partial charge in [0.2, 0.25) is 0 Å². The van der Waals surface area contributed by atoms with Crippen molar-refractivity contribution in [2.75, 3.05) is 6.54 Å². The molecule has 96 valence electrons. The fourth-order valence-electron chi connectivity index (χ4n) is 2.08. The molecule has 5 heteroatoms. The van der Waals surface area contributed by atoms with Crippen molar-refractivity contribution in [3.05, 3.63) is 35.9 Å². The maximum Gasteiger partial charge on any atom is 0.407 e. The molecule has 0 radical (unpaired) electrons. The van der Waals surface area contributed by atoms with Crippen LogP contribution >= 0.6 is 0 Å². The maximum atomic E-state index is 10.9. The van der Waals surface area contributed by atoms with E-state index in [-0.39, 0.29) is 12.6 Å². The molecule has 1 amide bonds. The van der Waals surface area contributed by atoms with Crippen molar-refractivity contribution in [2.24, 2.45) is 0 Å². The first-order valence-corrected chi connectivity index (χ1v) is 5.81. The van der Waals surface area contributed by atoms with E-state index in [9.17, 15) is 9.59 Å². The Morgan fingerprint density at radius 2 is 2.17 bits per heavy atom. The molecule has 1 fully saturated rings. The third-order valence-electron chi connectivity index (χ3n) is 3.04. The van der Waals surface area contributed by atoms with Crippen molar-refractivity contribution >= 4 is 12.4 Å². The molecular weight excluding hydrogens is 234 g/mol. The molecule has 5 nitrogen and oxygen atoms in total. The summed E-state index contributed by atoms with van der Waals surface area (Å²) < 4.78 is 5.64. The predicted octanol–water partition coefficient (Wildman–Crippen LogP) is 1.52. The second kappa shape index (κ2) is 5.64. The Bertz CT molecular complexity index is 420. The van der Waals surface area contributed by atoms with E-state index in [0.717, 1.165) is 10.5 Å². The summed E-state index contributed by atoms with van der Waals surface area (Å²) in [5, 5.41) is 8.93. The Labute approximate surface area is 105 Å². The number of carboxylic acid groups (broad SMARTS) is 1. The van der Waals surface area contributed by atoms with Crippen LogP contribution < -0.4 is 0 Å². The van der Waals surface area contributed by atoms with Crippen LogP contribution in [0.15, 0.2) is 30.3 Å².